The van der Waals surface area contributed by atoms with Gasteiger partial charge in [0.15, 0.2) is 15.6 Å². The first-order valence-electron chi connectivity index (χ1n) is 6.24. The molecule has 1 heterocycles. The highest BCUT2D eigenvalue weighted by molar-refractivity contribution is 7.91. The monoisotopic (exact) mass is 274 g/mol. The van der Waals surface area contributed by atoms with Crippen LogP contribution in [0.4, 0.5) is 0 Å². The van der Waals surface area contributed by atoms with E-state index in [0.717, 1.165) is 18.0 Å². The van der Waals surface area contributed by atoms with Gasteiger partial charge in [-0.3, -0.25) is 4.90 Å². The summed E-state index contributed by atoms with van der Waals surface area (Å²) in [5.41, 5.74) is 0.842. The Morgan fingerprint density at radius 2 is 2.11 bits per heavy atom. The molecular formula is C12H22N2O3S. The molecule has 5 nitrogen and oxygen atoms in total. The second-order valence-corrected chi connectivity index (χ2v) is 6.94. The molecule has 18 heavy (non-hydrogen) atoms. The molecule has 6 heteroatoms. The summed E-state index contributed by atoms with van der Waals surface area (Å²) in [4.78, 5) is 2.08. The molecule has 1 aromatic heterocycles. The van der Waals surface area contributed by atoms with Gasteiger partial charge in [0.2, 0.25) is 0 Å². The molecule has 1 atom stereocenters. The molecule has 0 fully saturated rings. The summed E-state index contributed by atoms with van der Waals surface area (Å²) in [6, 6.07) is 1.86. The highest BCUT2D eigenvalue weighted by Crippen LogP contribution is 2.11. The van der Waals surface area contributed by atoms with Gasteiger partial charge in [0, 0.05) is 17.9 Å². The molecule has 1 aromatic rings. The van der Waals surface area contributed by atoms with Gasteiger partial charge in [-0.25, -0.2) is 8.42 Å². The van der Waals surface area contributed by atoms with E-state index in [2.05, 4.69) is 10.1 Å². The van der Waals surface area contributed by atoms with Crippen LogP contribution in [0.25, 0.3) is 0 Å². The second-order valence-electron chi connectivity index (χ2n) is 4.55. The van der Waals surface area contributed by atoms with Crippen LogP contribution in [0.1, 0.15) is 32.2 Å². The first-order chi connectivity index (χ1) is 8.38. The third-order valence-corrected chi connectivity index (χ3v) is 4.87. The van der Waals surface area contributed by atoms with E-state index in [1.54, 1.807) is 6.92 Å². The van der Waals surface area contributed by atoms with Crippen molar-refractivity contribution in [3.8, 4) is 0 Å². The van der Waals surface area contributed by atoms with Crippen LogP contribution >= 0.6 is 0 Å². The Kier molecular flexibility index (Phi) is 5.34. The van der Waals surface area contributed by atoms with Crippen LogP contribution in [-0.2, 0) is 16.4 Å². The van der Waals surface area contributed by atoms with Gasteiger partial charge >= 0.3 is 0 Å². The van der Waals surface area contributed by atoms with Gasteiger partial charge in [-0.2, -0.15) is 0 Å². The summed E-state index contributed by atoms with van der Waals surface area (Å²) in [6.07, 6.45) is 0. The zero-order valence-corrected chi connectivity index (χ0v) is 12.3. The lowest BCUT2D eigenvalue weighted by atomic mass is 10.3. The number of aryl methyl sites for hydroxylation is 1. The Morgan fingerprint density at radius 1 is 1.44 bits per heavy atom. The van der Waals surface area contributed by atoms with Gasteiger partial charge in [-0.15, -0.1) is 0 Å². The summed E-state index contributed by atoms with van der Waals surface area (Å²) in [5, 5.41) is 3.83. The highest BCUT2D eigenvalue weighted by Gasteiger charge is 2.20. The lowest BCUT2D eigenvalue weighted by Crippen LogP contribution is -2.37. The summed E-state index contributed by atoms with van der Waals surface area (Å²) >= 11 is 0. The Bertz CT molecular complexity index is 467. The van der Waals surface area contributed by atoms with E-state index in [0.29, 0.717) is 6.54 Å². The lowest BCUT2D eigenvalue weighted by molar-refractivity contribution is 0.199. The number of sulfone groups is 1. The molecule has 0 amide bonds. The van der Waals surface area contributed by atoms with Gasteiger partial charge in [0.25, 0.3) is 0 Å². The molecule has 1 unspecified atom stereocenters. The van der Waals surface area contributed by atoms with Crippen LogP contribution in [0.15, 0.2) is 10.6 Å². The Labute approximate surface area is 109 Å². The maximum atomic E-state index is 11.6. The molecule has 1 rings (SSSR count). The van der Waals surface area contributed by atoms with E-state index < -0.39 is 9.84 Å². The molecule has 0 radical (unpaired) electrons. The van der Waals surface area contributed by atoms with Crippen molar-refractivity contribution in [2.24, 2.45) is 0 Å². The molecule has 0 spiro atoms. The van der Waals surface area contributed by atoms with Crippen molar-refractivity contribution in [1.29, 1.82) is 0 Å². The number of aromatic nitrogens is 1. The molecule has 0 aromatic carbocycles. The van der Waals surface area contributed by atoms with E-state index in [-0.39, 0.29) is 17.5 Å². The molecule has 0 N–H and O–H groups in total. The van der Waals surface area contributed by atoms with Crippen molar-refractivity contribution in [3.63, 3.8) is 0 Å². The minimum atomic E-state index is -2.95. The molecule has 104 valence electrons. The van der Waals surface area contributed by atoms with Gasteiger partial charge in [-0.1, -0.05) is 19.0 Å². The molecule has 0 aliphatic carbocycles. The van der Waals surface area contributed by atoms with Gasteiger partial charge in [-0.05, 0) is 20.4 Å². The molecule has 0 saturated heterocycles. The van der Waals surface area contributed by atoms with Crippen molar-refractivity contribution in [3.05, 3.63) is 17.5 Å². The minimum absolute atomic E-state index is 0.0228. The van der Waals surface area contributed by atoms with E-state index in [9.17, 15) is 8.42 Å². The lowest BCUT2D eigenvalue weighted by Gasteiger charge is -2.26. The molecule has 0 aliphatic heterocycles. The van der Waals surface area contributed by atoms with Crippen LogP contribution in [0, 0.1) is 6.92 Å². The van der Waals surface area contributed by atoms with E-state index >= 15 is 0 Å². The van der Waals surface area contributed by atoms with Gasteiger partial charge in [0.1, 0.15) is 0 Å². The van der Waals surface area contributed by atoms with Crippen LogP contribution in [0.3, 0.4) is 0 Å². The first kappa shape index (κ1) is 15.2. The standard InChI is InChI=1S/C12H22N2O3S/c1-5-14(8-12-7-10(3)13-17-12)11(4)9-18(15,16)6-2/h7,11H,5-6,8-9H2,1-4H3. The maximum absolute atomic E-state index is 11.6. The van der Waals surface area contributed by atoms with E-state index in [4.69, 9.17) is 4.52 Å². The summed E-state index contributed by atoms with van der Waals surface area (Å²) in [5.74, 6) is 1.15. The van der Waals surface area contributed by atoms with Crippen molar-refractivity contribution >= 4 is 9.84 Å². The Balaban J connectivity index is 2.66. The zero-order valence-electron chi connectivity index (χ0n) is 11.5. The zero-order chi connectivity index (χ0) is 13.8. The van der Waals surface area contributed by atoms with Gasteiger partial charge < -0.3 is 4.52 Å². The normalized spacial score (nSPS) is 14.1. The van der Waals surface area contributed by atoms with Crippen LogP contribution in [-0.4, -0.2) is 42.6 Å². The minimum Gasteiger partial charge on any atom is -0.360 e. The molecule has 0 aliphatic rings. The SMILES string of the molecule is CCN(Cc1cc(C)no1)C(C)CS(=O)(=O)CC. The number of hydrogen-bond donors (Lipinski definition) is 0. The number of rotatable bonds is 7. The molecule has 0 bridgehead atoms. The molecular weight excluding hydrogens is 252 g/mol. The maximum Gasteiger partial charge on any atom is 0.151 e. The van der Waals surface area contributed by atoms with Crippen molar-refractivity contribution in [2.45, 2.75) is 40.3 Å². The first-order valence-corrected chi connectivity index (χ1v) is 8.06. The summed E-state index contributed by atoms with van der Waals surface area (Å²) in [6.45, 7) is 8.86. The van der Waals surface area contributed by atoms with E-state index in [1.807, 2.05) is 26.8 Å². The Hall–Kier alpha value is -0.880. The van der Waals surface area contributed by atoms with Gasteiger partial charge in [0.05, 0.1) is 18.0 Å². The quantitative estimate of drug-likeness (QED) is 0.756. The fourth-order valence-corrected chi connectivity index (χ4v) is 3.04. The smallest absolute Gasteiger partial charge is 0.151 e. The van der Waals surface area contributed by atoms with Crippen molar-refractivity contribution in [1.82, 2.24) is 10.1 Å². The largest absolute Gasteiger partial charge is 0.360 e. The number of nitrogens with zero attached hydrogens (tertiary/aromatic N) is 2. The third-order valence-electron chi connectivity index (χ3n) is 3.00. The predicted octanol–water partition coefficient (Wildman–Crippen LogP) is 1.63. The average molecular weight is 274 g/mol. The Morgan fingerprint density at radius 3 is 2.56 bits per heavy atom. The average Bonchev–Trinajstić information content (AvgIpc) is 2.71. The fourth-order valence-electron chi connectivity index (χ4n) is 1.86. The van der Waals surface area contributed by atoms with Crippen molar-refractivity contribution in [2.75, 3.05) is 18.1 Å². The topological polar surface area (TPSA) is 63.4 Å². The van der Waals surface area contributed by atoms with Crippen molar-refractivity contribution < 1.29 is 12.9 Å². The fraction of sp³-hybridized carbons (Fsp3) is 0.750. The van der Waals surface area contributed by atoms with Crippen LogP contribution < -0.4 is 0 Å². The summed E-state index contributed by atoms with van der Waals surface area (Å²) in [7, 11) is -2.95. The predicted molar refractivity (Wildman–Crippen MR) is 71.1 cm³/mol. The molecule has 0 saturated carbocycles. The van der Waals surface area contributed by atoms with Crippen LogP contribution in [0.5, 0.6) is 0 Å². The number of hydrogen-bond acceptors (Lipinski definition) is 5. The summed E-state index contributed by atoms with van der Waals surface area (Å²) < 4.78 is 28.4. The third kappa shape index (κ3) is 4.42. The van der Waals surface area contributed by atoms with E-state index in [1.165, 1.54) is 0 Å². The van der Waals surface area contributed by atoms with Crippen LogP contribution in [0.2, 0.25) is 0 Å². The second kappa shape index (κ2) is 6.33. The highest BCUT2D eigenvalue weighted by atomic mass is 32.2.